The molecular weight excluding hydrogens is 464 g/mol. The van der Waals surface area contributed by atoms with E-state index in [9.17, 15) is 14.4 Å². The molecule has 1 aliphatic heterocycles. The van der Waals surface area contributed by atoms with Crippen LogP contribution in [0.1, 0.15) is 113 Å². The lowest BCUT2D eigenvalue weighted by molar-refractivity contribution is -0.217. The van der Waals surface area contributed by atoms with Crippen LogP contribution in [0.4, 0.5) is 0 Å². The van der Waals surface area contributed by atoms with Gasteiger partial charge in [0.25, 0.3) is 0 Å². The molecule has 5 nitrogen and oxygen atoms in total. The van der Waals surface area contributed by atoms with Crippen LogP contribution in [0.5, 0.6) is 0 Å². The van der Waals surface area contributed by atoms with Gasteiger partial charge in [0, 0.05) is 30.1 Å². The van der Waals surface area contributed by atoms with Gasteiger partial charge in [-0.1, -0.05) is 41.5 Å². The fraction of sp³-hybridized carbons (Fsp3) is 0.844. The molecule has 0 N–H and O–H groups in total. The first-order chi connectivity index (χ1) is 17.0. The van der Waals surface area contributed by atoms with Crippen molar-refractivity contribution in [2.75, 3.05) is 0 Å². The molecule has 6 rings (SSSR count). The molecular formula is C32H46O5. The van der Waals surface area contributed by atoms with Crippen molar-refractivity contribution in [2.45, 2.75) is 125 Å². The molecule has 1 saturated heterocycles. The molecule has 1 heterocycles. The molecule has 4 unspecified atom stereocenters. The number of fused-ring (bicyclic) bond motifs is 6. The highest BCUT2D eigenvalue weighted by Crippen LogP contribution is 2.77. The first-order valence-corrected chi connectivity index (χ1v) is 14.7. The first-order valence-electron chi connectivity index (χ1n) is 14.7. The molecule has 0 radical (unpaired) electrons. The van der Waals surface area contributed by atoms with Crippen LogP contribution in [-0.2, 0) is 23.9 Å². The van der Waals surface area contributed by atoms with E-state index in [1.165, 1.54) is 6.92 Å². The highest BCUT2D eigenvalue weighted by atomic mass is 16.6. The van der Waals surface area contributed by atoms with E-state index in [-0.39, 0.29) is 56.8 Å². The van der Waals surface area contributed by atoms with Gasteiger partial charge in [0.05, 0.1) is 5.41 Å². The molecule has 0 aromatic rings. The van der Waals surface area contributed by atoms with Gasteiger partial charge in [-0.25, -0.2) is 0 Å². The van der Waals surface area contributed by atoms with E-state index < -0.39 is 11.0 Å². The minimum absolute atomic E-state index is 0.0673. The lowest BCUT2D eigenvalue weighted by Gasteiger charge is -2.71. The maximum absolute atomic E-state index is 14.5. The van der Waals surface area contributed by atoms with E-state index >= 15 is 0 Å². The standard InChI is InChI=1S/C32H46O5/c1-19(33)36-23-10-11-29(6)21(26(23,2)3)9-12-31(8)24(29)20(34)17-22-30(31,7)16-15-28(5)14-13-27(4)18-32(22,28)37-25(27)35/h17,21,23-24H,9-16,18H2,1-8H3/t21-,23-,24+,27-,28?,29?,30+,31?,32?/m0/s1. The second-order valence-electron chi connectivity index (χ2n) is 15.7. The third kappa shape index (κ3) is 2.80. The fourth-order valence-electron chi connectivity index (χ4n) is 11.3. The van der Waals surface area contributed by atoms with Crippen LogP contribution in [0.15, 0.2) is 11.6 Å². The van der Waals surface area contributed by atoms with Crippen molar-refractivity contribution in [1.82, 2.24) is 0 Å². The molecule has 4 saturated carbocycles. The van der Waals surface area contributed by atoms with Crippen LogP contribution < -0.4 is 0 Å². The fourth-order valence-corrected chi connectivity index (χ4v) is 11.3. The van der Waals surface area contributed by atoms with Crippen LogP contribution in [-0.4, -0.2) is 29.4 Å². The zero-order valence-corrected chi connectivity index (χ0v) is 24.2. The summed E-state index contributed by atoms with van der Waals surface area (Å²) in [6.07, 6.45) is 10.2. The Morgan fingerprint density at radius 2 is 1.59 bits per heavy atom. The van der Waals surface area contributed by atoms with Gasteiger partial charge >= 0.3 is 11.9 Å². The molecule has 0 aromatic heterocycles. The lowest BCUT2D eigenvalue weighted by atomic mass is 9.33. The van der Waals surface area contributed by atoms with Crippen molar-refractivity contribution in [1.29, 1.82) is 0 Å². The van der Waals surface area contributed by atoms with Crippen LogP contribution in [0.25, 0.3) is 0 Å². The monoisotopic (exact) mass is 510 g/mol. The van der Waals surface area contributed by atoms with Crippen molar-refractivity contribution in [3.63, 3.8) is 0 Å². The van der Waals surface area contributed by atoms with Crippen molar-refractivity contribution in [2.24, 2.45) is 44.3 Å². The summed E-state index contributed by atoms with van der Waals surface area (Å²) in [5.41, 5.74) is -0.841. The second kappa shape index (κ2) is 7.10. The Labute approximate surface area is 222 Å². The van der Waals surface area contributed by atoms with E-state index in [2.05, 4.69) is 48.5 Å². The van der Waals surface area contributed by atoms with Crippen molar-refractivity contribution >= 4 is 17.7 Å². The van der Waals surface area contributed by atoms with Gasteiger partial charge in [-0.2, -0.15) is 0 Å². The summed E-state index contributed by atoms with van der Waals surface area (Å²) < 4.78 is 12.3. The number of carbonyl (C=O) groups excluding carboxylic acids is 3. The molecule has 1 spiro atoms. The average Bonchev–Trinajstić information content (AvgIpc) is 3.02. The van der Waals surface area contributed by atoms with Gasteiger partial charge in [-0.3, -0.25) is 14.4 Å². The minimum Gasteiger partial charge on any atom is -0.462 e. The van der Waals surface area contributed by atoms with Crippen molar-refractivity contribution in [3.8, 4) is 0 Å². The van der Waals surface area contributed by atoms with E-state index in [0.29, 0.717) is 12.3 Å². The zero-order chi connectivity index (χ0) is 27.0. The van der Waals surface area contributed by atoms with Crippen LogP contribution >= 0.6 is 0 Å². The summed E-state index contributed by atoms with van der Waals surface area (Å²) in [5.74, 6) is 0.164. The third-order valence-corrected chi connectivity index (χ3v) is 13.7. The van der Waals surface area contributed by atoms with Gasteiger partial charge in [0.1, 0.15) is 11.7 Å². The van der Waals surface area contributed by atoms with Gasteiger partial charge in [0.2, 0.25) is 0 Å². The predicted molar refractivity (Wildman–Crippen MR) is 140 cm³/mol. The molecule has 6 aliphatic rings. The van der Waals surface area contributed by atoms with Gasteiger partial charge in [-0.05, 0) is 92.1 Å². The van der Waals surface area contributed by atoms with Crippen LogP contribution in [0.2, 0.25) is 0 Å². The number of carbonyl (C=O) groups is 3. The topological polar surface area (TPSA) is 69.7 Å². The van der Waals surface area contributed by atoms with Crippen molar-refractivity contribution < 1.29 is 23.9 Å². The Kier molecular flexibility index (Phi) is 4.92. The normalized spacial score (nSPS) is 53.6. The summed E-state index contributed by atoms with van der Waals surface area (Å²) in [6, 6.07) is 0. The maximum atomic E-state index is 14.5. The summed E-state index contributed by atoms with van der Waals surface area (Å²) in [4.78, 5) is 39.6. The Morgan fingerprint density at radius 3 is 2.27 bits per heavy atom. The summed E-state index contributed by atoms with van der Waals surface area (Å²) in [5, 5.41) is 0. The van der Waals surface area contributed by atoms with Crippen LogP contribution in [0, 0.1) is 44.3 Å². The minimum atomic E-state index is -0.655. The molecule has 2 bridgehead atoms. The SMILES string of the molecule is CC(=O)O[C@H]1CCC2(C)[C@H]3C(=O)C=C4C56C[C@](C)(CCC5(C)CC[C@@]4(C)C3(C)CC[C@H]2C1(C)C)C(=O)O6. The molecule has 37 heavy (non-hydrogen) atoms. The summed E-state index contributed by atoms with van der Waals surface area (Å²) >= 11 is 0. The number of ether oxygens (including phenoxy) is 2. The zero-order valence-electron chi connectivity index (χ0n) is 24.2. The summed E-state index contributed by atoms with van der Waals surface area (Å²) in [6.45, 7) is 17.5. The molecule has 5 fully saturated rings. The number of rotatable bonds is 1. The number of hydrogen-bond donors (Lipinski definition) is 0. The quantitative estimate of drug-likeness (QED) is 0.373. The number of esters is 2. The molecule has 5 aliphatic carbocycles. The highest BCUT2D eigenvalue weighted by Gasteiger charge is 2.76. The Hall–Kier alpha value is -1.65. The van der Waals surface area contributed by atoms with E-state index in [1.54, 1.807) is 0 Å². The Morgan fingerprint density at radius 1 is 0.919 bits per heavy atom. The largest absolute Gasteiger partial charge is 0.462 e. The third-order valence-electron chi connectivity index (χ3n) is 13.7. The number of ketones is 1. The molecule has 9 atom stereocenters. The van der Waals surface area contributed by atoms with E-state index in [1.807, 2.05) is 6.08 Å². The van der Waals surface area contributed by atoms with Gasteiger partial charge < -0.3 is 9.47 Å². The smallest absolute Gasteiger partial charge is 0.312 e. The van der Waals surface area contributed by atoms with Crippen molar-refractivity contribution in [3.05, 3.63) is 11.6 Å². The Balaban J connectivity index is 1.47. The van der Waals surface area contributed by atoms with Crippen LogP contribution in [0.3, 0.4) is 0 Å². The molecule has 5 heteroatoms. The van der Waals surface area contributed by atoms with Gasteiger partial charge in [0.15, 0.2) is 5.78 Å². The lowest BCUT2D eigenvalue weighted by Crippen LogP contribution is -2.69. The maximum Gasteiger partial charge on any atom is 0.312 e. The van der Waals surface area contributed by atoms with E-state index in [4.69, 9.17) is 9.47 Å². The number of allylic oxidation sites excluding steroid dienone is 1. The highest BCUT2D eigenvalue weighted by molar-refractivity contribution is 5.96. The van der Waals surface area contributed by atoms with Gasteiger partial charge in [-0.15, -0.1) is 0 Å². The predicted octanol–water partition coefficient (Wildman–Crippen LogP) is 6.58. The Bertz CT molecular complexity index is 1140. The molecule has 204 valence electrons. The average molecular weight is 511 g/mol. The summed E-state index contributed by atoms with van der Waals surface area (Å²) in [7, 11) is 0. The first kappa shape index (κ1) is 25.6. The van der Waals surface area contributed by atoms with E-state index in [0.717, 1.165) is 56.9 Å². The second-order valence-corrected chi connectivity index (χ2v) is 15.7. The molecule has 0 amide bonds. The number of hydrogen-bond acceptors (Lipinski definition) is 5. The molecule has 0 aromatic carbocycles.